The van der Waals surface area contributed by atoms with Gasteiger partial charge in [-0.05, 0) is 24.3 Å². The van der Waals surface area contributed by atoms with Crippen LogP contribution in [0.1, 0.15) is 21.5 Å². The lowest BCUT2D eigenvalue weighted by Gasteiger charge is -2.07. The molecule has 0 spiro atoms. The Morgan fingerprint density at radius 2 is 1.83 bits per heavy atom. The van der Waals surface area contributed by atoms with Crippen LogP contribution in [0.3, 0.4) is 0 Å². The molecule has 2 rings (SSSR count). The molecule has 8 heteroatoms. The molecule has 0 aliphatic rings. The number of non-ortho nitro benzene ring substituents is 1. The van der Waals surface area contributed by atoms with E-state index in [9.17, 15) is 19.3 Å². The Balaban J connectivity index is 2.28. The molecule has 23 heavy (non-hydrogen) atoms. The summed E-state index contributed by atoms with van der Waals surface area (Å²) in [6.45, 7) is 0. The van der Waals surface area contributed by atoms with Crippen molar-refractivity contribution in [2.45, 2.75) is 0 Å². The van der Waals surface area contributed by atoms with Crippen molar-refractivity contribution in [2.24, 2.45) is 0 Å². The van der Waals surface area contributed by atoms with Crippen molar-refractivity contribution in [1.82, 2.24) is 0 Å². The van der Waals surface area contributed by atoms with Crippen molar-refractivity contribution < 1.29 is 14.1 Å². The molecule has 0 fully saturated rings. The number of carbonyl (C=O) groups excluding carboxylic acids is 1. The van der Waals surface area contributed by atoms with Crippen LogP contribution in [0, 0.1) is 38.6 Å². The van der Waals surface area contributed by atoms with Gasteiger partial charge in [0.25, 0.3) is 11.6 Å². The average molecular weight is 310 g/mol. The molecule has 0 heterocycles. The highest BCUT2D eigenvalue weighted by atomic mass is 19.1. The van der Waals surface area contributed by atoms with E-state index in [2.05, 4.69) is 5.32 Å². The second-order valence-electron chi connectivity index (χ2n) is 4.36. The van der Waals surface area contributed by atoms with Crippen LogP contribution in [-0.4, -0.2) is 10.8 Å². The first-order valence-corrected chi connectivity index (χ1v) is 6.16. The van der Waals surface area contributed by atoms with E-state index in [4.69, 9.17) is 10.5 Å². The van der Waals surface area contributed by atoms with Gasteiger partial charge in [0, 0.05) is 11.8 Å². The summed E-state index contributed by atoms with van der Waals surface area (Å²) in [6, 6.07) is 10.3. The van der Waals surface area contributed by atoms with Crippen LogP contribution >= 0.6 is 0 Å². The van der Waals surface area contributed by atoms with E-state index in [-0.39, 0.29) is 22.4 Å². The zero-order chi connectivity index (χ0) is 17.0. The standard InChI is InChI=1S/C15H7FN4O3/c16-14-6-12(20(22)23)3-4-13(14)15(21)19-11-2-1-9(7-17)10(5-11)8-18/h1-6H,(H,19,21). The fraction of sp³-hybridized carbons (Fsp3) is 0. The first-order valence-electron chi connectivity index (χ1n) is 6.16. The molecular weight excluding hydrogens is 303 g/mol. The topological polar surface area (TPSA) is 120 Å². The maximum absolute atomic E-state index is 13.8. The van der Waals surface area contributed by atoms with E-state index in [1.54, 1.807) is 0 Å². The lowest BCUT2D eigenvalue weighted by Crippen LogP contribution is -2.14. The van der Waals surface area contributed by atoms with Gasteiger partial charge in [-0.3, -0.25) is 14.9 Å². The van der Waals surface area contributed by atoms with Crippen molar-refractivity contribution in [3.63, 3.8) is 0 Å². The number of hydrogen-bond acceptors (Lipinski definition) is 5. The SMILES string of the molecule is N#Cc1ccc(NC(=O)c2ccc([N+](=O)[O-])cc2F)cc1C#N. The summed E-state index contributed by atoms with van der Waals surface area (Å²) in [5.41, 5.74) is -0.438. The zero-order valence-electron chi connectivity index (χ0n) is 11.4. The van der Waals surface area contributed by atoms with Gasteiger partial charge >= 0.3 is 0 Å². The maximum atomic E-state index is 13.8. The Bertz CT molecular complexity index is 897. The van der Waals surface area contributed by atoms with Crippen LogP contribution in [0.2, 0.25) is 0 Å². The number of nitrogens with zero attached hydrogens (tertiary/aromatic N) is 3. The van der Waals surface area contributed by atoms with Crippen LogP contribution in [-0.2, 0) is 0 Å². The Labute approximate surface area is 129 Å². The number of nitro benzene ring substituents is 1. The molecule has 0 atom stereocenters. The number of nitrogens with one attached hydrogen (secondary N) is 1. The number of nitro groups is 1. The molecule has 0 aliphatic carbocycles. The summed E-state index contributed by atoms with van der Waals surface area (Å²) in [5, 5.41) is 30.6. The van der Waals surface area contributed by atoms with Gasteiger partial charge in [0.05, 0.1) is 27.7 Å². The number of benzene rings is 2. The number of nitriles is 2. The van der Waals surface area contributed by atoms with Gasteiger partial charge in [-0.25, -0.2) is 4.39 Å². The first kappa shape index (κ1) is 15.6. The van der Waals surface area contributed by atoms with E-state index >= 15 is 0 Å². The fourth-order valence-corrected chi connectivity index (χ4v) is 1.81. The monoisotopic (exact) mass is 310 g/mol. The Hall–Kier alpha value is -3.78. The number of carbonyl (C=O) groups is 1. The summed E-state index contributed by atoms with van der Waals surface area (Å²) < 4.78 is 13.8. The molecule has 0 unspecified atom stereocenters. The highest BCUT2D eigenvalue weighted by molar-refractivity contribution is 6.04. The fourth-order valence-electron chi connectivity index (χ4n) is 1.81. The minimum Gasteiger partial charge on any atom is -0.322 e. The highest BCUT2D eigenvalue weighted by Gasteiger charge is 2.16. The van der Waals surface area contributed by atoms with Gasteiger partial charge < -0.3 is 5.32 Å². The van der Waals surface area contributed by atoms with Crippen molar-refractivity contribution in [2.75, 3.05) is 5.32 Å². The van der Waals surface area contributed by atoms with Gasteiger partial charge in [-0.1, -0.05) is 0 Å². The van der Waals surface area contributed by atoms with Crippen molar-refractivity contribution >= 4 is 17.3 Å². The van der Waals surface area contributed by atoms with E-state index in [0.29, 0.717) is 6.07 Å². The summed E-state index contributed by atoms with van der Waals surface area (Å²) in [4.78, 5) is 21.8. The molecule has 1 amide bonds. The summed E-state index contributed by atoms with van der Waals surface area (Å²) in [5.74, 6) is -1.86. The Morgan fingerprint density at radius 1 is 1.13 bits per heavy atom. The molecular formula is C15H7FN4O3. The van der Waals surface area contributed by atoms with Crippen LogP contribution in [0.5, 0.6) is 0 Å². The van der Waals surface area contributed by atoms with Crippen LogP contribution in [0.25, 0.3) is 0 Å². The molecule has 112 valence electrons. The van der Waals surface area contributed by atoms with Gasteiger partial charge in [0.2, 0.25) is 0 Å². The van der Waals surface area contributed by atoms with Crippen molar-refractivity contribution in [1.29, 1.82) is 10.5 Å². The second kappa shape index (κ2) is 6.33. The maximum Gasteiger partial charge on any atom is 0.272 e. The number of halogens is 1. The minimum atomic E-state index is -1.04. The van der Waals surface area contributed by atoms with E-state index in [1.165, 1.54) is 18.2 Å². The van der Waals surface area contributed by atoms with Gasteiger partial charge in [0.15, 0.2) is 0 Å². The lowest BCUT2D eigenvalue weighted by molar-refractivity contribution is -0.385. The Morgan fingerprint density at radius 3 is 2.39 bits per heavy atom. The summed E-state index contributed by atoms with van der Waals surface area (Å²) in [7, 11) is 0. The molecule has 2 aromatic carbocycles. The van der Waals surface area contributed by atoms with Gasteiger partial charge in [0.1, 0.15) is 18.0 Å². The third-order valence-electron chi connectivity index (χ3n) is 2.93. The third-order valence-corrected chi connectivity index (χ3v) is 2.93. The first-order chi connectivity index (χ1) is 11.0. The largest absolute Gasteiger partial charge is 0.322 e. The smallest absolute Gasteiger partial charge is 0.272 e. The number of rotatable bonds is 3. The molecule has 7 nitrogen and oxygen atoms in total. The molecule has 0 radical (unpaired) electrons. The molecule has 0 saturated heterocycles. The zero-order valence-corrected chi connectivity index (χ0v) is 11.4. The number of anilines is 1. The summed E-state index contributed by atoms with van der Waals surface area (Å²) >= 11 is 0. The van der Waals surface area contributed by atoms with Gasteiger partial charge in [-0.2, -0.15) is 10.5 Å². The predicted molar refractivity (Wildman–Crippen MR) is 76.9 cm³/mol. The molecule has 2 aromatic rings. The van der Waals surface area contributed by atoms with E-state index in [0.717, 1.165) is 12.1 Å². The molecule has 0 saturated carbocycles. The predicted octanol–water partition coefficient (Wildman–Crippen LogP) is 2.73. The molecule has 0 bridgehead atoms. The third kappa shape index (κ3) is 3.28. The normalized spacial score (nSPS) is 9.52. The molecule has 0 aromatic heterocycles. The Kier molecular flexibility index (Phi) is 4.29. The minimum absolute atomic E-state index is 0.0643. The lowest BCUT2D eigenvalue weighted by atomic mass is 10.1. The quantitative estimate of drug-likeness (QED) is 0.690. The second-order valence-corrected chi connectivity index (χ2v) is 4.36. The summed E-state index contributed by atoms with van der Waals surface area (Å²) in [6.07, 6.45) is 0. The molecule has 0 aliphatic heterocycles. The van der Waals surface area contributed by atoms with Crippen LogP contribution < -0.4 is 5.32 Å². The average Bonchev–Trinajstić information content (AvgIpc) is 2.54. The van der Waals surface area contributed by atoms with Crippen LogP contribution in [0.4, 0.5) is 15.8 Å². The van der Waals surface area contributed by atoms with E-state index in [1.807, 2.05) is 12.1 Å². The van der Waals surface area contributed by atoms with Crippen molar-refractivity contribution in [3.8, 4) is 12.1 Å². The number of hydrogen-bond donors (Lipinski definition) is 1. The highest BCUT2D eigenvalue weighted by Crippen LogP contribution is 2.19. The molecule has 1 N–H and O–H groups in total. The van der Waals surface area contributed by atoms with E-state index < -0.39 is 22.3 Å². The van der Waals surface area contributed by atoms with Gasteiger partial charge in [-0.15, -0.1) is 0 Å². The number of amides is 1. The van der Waals surface area contributed by atoms with Crippen molar-refractivity contribution in [3.05, 3.63) is 69.0 Å². The van der Waals surface area contributed by atoms with Crippen LogP contribution in [0.15, 0.2) is 36.4 Å².